The van der Waals surface area contributed by atoms with Gasteiger partial charge in [-0.2, -0.15) is 5.26 Å². The third kappa shape index (κ3) is 4.58. The van der Waals surface area contributed by atoms with Crippen LogP contribution in [0.3, 0.4) is 0 Å². The van der Waals surface area contributed by atoms with E-state index in [2.05, 4.69) is 17.5 Å². The van der Waals surface area contributed by atoms with Crippen molar-refractivity contribution in [3.05, 3.63) is 59.2 Å². The number of ether oxygens (including phenoxy) is 1. The molecule has 2 aromatic carbocycles. The lowest BCUT2D eigenvalue weighted by molar-refractivity contribution is 0.101. The Labute approximate surface area is 136 Å². The number of nitriles is 1. The summed E-state index contributed by atoms with van der Waals surface area (Å²) in [5.74, 6) is 0.848. The van der Waals surface area contributed by atoms with E-state index < -0.39 is 0 Å². The van der Waals surface area contributed by atoms with Gasteiger partial charge in [0.1, 0.15) is 5.75 Å². The molecule has 0 amide bonds. The number of benzene rings is 2. The van der Waals surface area contributed by atoms with Crippen molar-refractivity contribution in [2.24, 2.45) is 0 Å². The Kier molecular flexibility index (Phi) is 5.76. The summed E-state index contributed by atoms with van der Waals surface area (Å²) in [6.07, 6.45) is 1.83. The van der Waals surface area contributed by atoms with E-state index in [0.29, 0.717) is 11.1 Å². The highest BCUT2D eigenvalue weighted by Gasteiger charge is 2.08. The molecular weight excluding hydrogens is 288 g/mol. The summed E-state index contributed by atoms with van der Waals surface area (Å²) < 4.78 is 5.21. The van der Waals surface area contributed by atoms with E-state index >= 15 is 0 Å². The van der Waals surface area contributed by atoms with Gasteiger partial charge in [-0.25, -0.2) is 0 Å². The van der Waals surface area contributed by atoms with Crippen LogP contribution in [-0.4, -0.2) is 19.4 Å². The maximum Gasteiger partial charge on any atom is 0.161 e. The quantitative estimate of drug-likeness (QED) is 0.624. The minimum Gasteiger partial charge on any atom is -0.497 e. The third-order valence-electron chi connectivity index (χ3n) is 3.62. The van der Waals surface area contributed by atoms with Crippen LogP contribution in [0.1, 0.15) is 34.8 Å². The molecule has 23 heavy (non-hydrogen) atoms. The fraction of sp³-hybridized carbons (Fsp3) is 0.263. The van der Waals surface area contributed by atoms with Gasteiger partial charge in [0.15, 0.2) is 5.78 Å². The fourth-order valence-electron chi connectivity index (χ4n) is 2.41. The monoisotopic (exact) mass is 308 g/mol. The Morgan fingerprint density at radius 1 is 1.26 bits per heavy atom. The SMILES string of the molecule is COc1cccc(CCCNc2cc(C#N)ccc2C(C)=O)c1. The van der Waals surface area contributed by atoms with Crippen LogP contribution in [0.5, 0.6) is 5.75 Å². The molecule has 0 aliphatic rings. The minimum atomic E-state index is -0.00946. The van der Waals surface area contributed by atoms with E-state index in [4.69, 9.17) is 10.00 Å². The van der Waals surface area contributed by atoms with Crippen LogP contribution in [0.2, 0.25) is 0 Å². The zero-order valence-electron chi connectivity index (χ0n) is 13.4. The maximum atomic E-state index is 11.7. The molecule has 0 spiro atoms. The lowest BCUT2D eigenvalue weighted by Gasteiger charge is -2.11. The highest BCUT2D eigenvalue weighted by atomic mass is 16.5. The normalized spacial score (nSPS) is 9.96. The first-order valence-electron chi connectivity index (χ1n) is 7.56. The summed E-state index contributed by atoms with van der Waals surface area (Å²) in [7, 11) is 1.66. The molecule has 1 N–H and O–H groups in total. The number of anilines is 1. The lowest BCUT2D eigenvalue weighted by atomic mass is 10.1. The van der Waals surface area contributed by atoms with Crippen LogP contribution in [0, 0.1) is 11.3 Å². The number of ketones is 1. The van der Waals surface area contributed by atoms with Crippen LogP contribution in [0.4, 0.5) is 5.69 Å². The fourth-order valence-corrected chi connectivity index (χ4v) is 2.41. The number of hydrogen-bond donors (Lipinski definition) is 1. The zero-order chi connectivity index (χ0) is 16.7. The number of aryl methyl sites for hydroxylation is 1. The maximum absolute atomic E-state index is 11.7. The third-order valence-corrected chi connectivity index (χ3v) is 3.62. The van der Waals surface area contributed by atoms with E-state index in [1.54, 1.807) is 25.3 Å². The Morgan fingerprint density at radius 3 is 2.78 bits per heavy atom. The van der Waals surface area contributed by atoms with E-state index in [0.717, 1.165) is 30.8 Å². The van der Waals surface area contributed by atoms with Crippen molar-refractivity contribution in [2.75, 3.05) is 19.0 Å². The first-order chi connectivity index (χ1) is 11.1. The first-order valence-corrected chi connectivity index (χ1v) is 7.56. The molecule has 2 aromatic rings. The summed E-state index contributed by atoms with van der Waals surface area (Å²) in [5.41, 5.74) is 3.10. The van der Waals surface area contributed by atoms with Crippen molar-refractivity contribution >= 4 is 11.5 Å². The molecule has 0 bridgehead atoms. The van der Waals surface area contributed by atoms with Gasteiger partial charge in [-0.05, 0) is 55.7 Å². The van der Waals surface area contributed by atoms with Crippen molar-refractivity contribution < 1.29 is 9.53 Å². The molecule has 0 fully saturated rings. The predicted molar refractivity (Wildman–Crippen MR) is 91.0 cm³/mol. The van der Waals surface area contributed by atoms with E-state index in [-0.39, 0.29) is 5.78 Å². The Bertz CT molecular complexity index is 732. The van der Waals surface area contributed by atoms with Gasteiger partial charge in [0.05, 0.1) is 18.7 Å². The Hall–Kier alpha value is -2.80. The van der Waals surface area contributed by atoms with Gasteiger partial charge in [0.25, 0.3) is 0 Å². The van der Waals surface area contributed by atoms with Crippen molar-refractivity contribution in [1.82, 2.24) is 0 Å². The second kappa shape index (κ2) is 8.00. The molecule has 0 saturated carbocycles. The largest absolute Gasteiger partial charge is 0.497 e. The molecule has 0 aliphatic carbocycles. The molecule has 2 rings (SSSR count). The number of hydrogen-bond acceptors (Lipinski definition) is 4. The molecule has 0 aliphatic heterocycles. The summed E-state index contributed by atoms with van der Waals surface area (Å²) in [4.78, 5) is 11.7. The van der Waals surface area contributed by atoms with Crippen LogP contribution in [0.25, 0.3) is 0 Å². The number of carbonyl (C=O) groups is 1. The van der Waals surface area contributed by atoms with Crippen LogP contribution in [-0.2, 0) is 6.42 Å². The standard InChI is InChI=1S/C19H20N2O2/c1-14(22)18-9-8-16(13-20)12-19(18)21-10-4-6-15-5-3-7-17(11-15)23-2/h3,5,7-9,11-12,21H,4,6,10H2,1-2H3. The second-order valence-electron chi connectivity index (χ2n) is 5.31. The van der Waals surface area contributed by atoms with E-state index in [9.17, 15) is 4.79 Å². The molecule has 4 nitrogen and oxygen atoms in total. The summed E-state index contributed by atoms with van der Waals surface area (Å²) in [6, 6.07) is 15.2. The average molecular weight is 308 g/mol. The smallest absolute Gasteiger partial charge is 0.161 e. The van der Waals surface area contributed by atoms with Crippen LogP contribution < -0.4 is 10.1 Å². The lowest BCUT2D eigenvalue weighted by Crippen LogP contribution is -2.07. The highest BCUT2D eigenvalue weighted by molar-refractivity contribution is 5.99. The number of rotatable bonds is 7. The minimum absolute atomic E-state index is 0.00946. The summed E-state index contributed by atoms with van der Waals surface area (Å²) >= 11 is 0. The van der Waals surface area contributed by atoms with Crippen molar-refractivity contribution in [1.29, 1.82) is 5.26 Å². The first kappa shape index (κ1) is 16.6. The molecule has 0 unspecified atom stereocenters. The molecular formula is C19H20N2O2. The highest BCUT2D eigenvalue weighted by Crippen LogP contribution is 2.19. The van der Waals surface area contributed by atoms with Crippen molar-refractivity contribution in [3.63, 3.8) is 0 Å². The van der Waals surface area contributed by atoms with Gasteiger partial charge < -0.3 is 10.1 Å². The molecule has 118 valence electrons. The van der Waals surface area contributed by atoms with Gasteiger partial charge in [-0.3, -0.25) is 4.79 Å². The number of methoxy groups -OCH3 is 1. The van der Waals surface area contributed by atoms with Gasteiger partial charge >= 0.3 is 0 Å². The molecule has 0 atom stereocenters. The Balaban J connectivity index is 1.95. The number of nitrogens with zero attached hydrogens (tertiary/aromatic N) is 1. The van der Waals surface area contributed by atoms with Gasteiger partial charge in [0.2, 0.25) is 0 Å². The average Bonchev–Trinajstić information content (AvgIpc) is 2.58. The van der Waals surface area contributed by atoms with Crippen molar-refractivity contribution in [2.45, 2.75) is 19.8 Å². The Morgan fingerprint density at radius 2 is 2.09 bits per heavy atom. The molecule has 0 radical (unpaired) electrons. The molecule has 0 saturated heterocycles. The molecule has 0 aromatic heterocycles. The second-order valence-corrected chi connectivity index (χ2v) is 5.31. The van der Waals surface area contributed by atoms with Gasteiger partial charge in [-0.15, -0.1) is 0 Å². The summed E-state index contributed by atoms with van der Waals surface area (Å²) in [5, 5.41) is 12.3. The van der Waals surface area contributed by atoms with E-state index in [1.165, 1.54) is 12.5 Å². The number of carbonyl (C=O) groups excluding carboxylic acids is 1. The topological polar surface area (TPSA) is 62.1 Å². The number of nitrogens with one attached hydrogen (secondary N) is 1. The molecule has 0 heterocycles. The zero-order valence-corrected chi connectivity index (χ0v) is 13.4. The van der Waals surface area contributed by atoms with E-state index in [1.807, 2.05) is 18.2 Å². The van der Waals surface area contributed by atoms with Gasteiger partial charge in [-0.1, -0.05) is 12.1 Å². The summed E-state index contributed by atoms with van der Waals surface area (Å²) in [6.45, 7) is 2.26. The predicted octanol–water partition coefficient (Wildman–Crippen LogP) is 3.81. The van der Waals surface area contributed by atoms with Gasteiger partial charge in [0, 0.05) is 17.8 Å². The van der Waals surface area contributed by atoms with Crippen molar-refractivity contribution in [3.8, 4) is 11.8 Å². The van der Waals surface area contributed by atoms with Crippen LogP contribution >= 0.6 is 0 Å². The molecule has 4 heteroatoms. The number of Topliss-reactive ketones (excluding diaryl/α,β-unsaturated/α-hetero) is 1. The van der Waals surface area contributed by atoms with Crippen LogP contribution in [0.15, 0.2) is 42.5 Å².